The molecule has 0 fully saturated rings. The van der Waals surface area contributed by atoms with E-state index in [9.17, 15) is 8.42 Å². The third kappa shape index (κ3) is 3.77. The van der Waals surface area contributed by atoms with Crippen molar-refractivity contribution in [3.8, 4) is 5.75 Å². The van der Waals surface area contributed by atoms with E-state index in [2.05, 4.69) is 25.7 Å². The molecule has 148 valence electrons. The number of nitrogen functional groups attached to an aromatic ring is 1. The van der Waals surface area contributed by atoms with Gasteiger partial charge in [-0.3, -0.25) is 0 Å². The molecule has 0 saturated carbocycles. The van der Waals surface area contributed by atoms with Crippen molar-refractivity contribution >= 4 is 38.8 Å². The van der Waals surface area contributed by atoms with Crippen LogP contribution in [0.15, 0.2) is 28.5 Å². The maximum absolute atomic E-state index is 11.4. The summed E-state index contributed by atoms with van der Waals surface area (Å²) >= 11 is 1.47. The number of anilines is 1. The molecule has 1 aromatic carbocycles. The smallest absolute Gasteiger partial charge is 0.208 e. The lowest BCUT2D eigenvalue weighted by Crippen LogP contribution is -2.26. The highest BCUT2D eigenvalue weighted by Crippen LogP contribution is 2.37. The van der Waals surface area contributed by atoms with E-state index in [1.807, 2.05) is 17.6 Å². The molecule has 0 spiro atoms. The van der Waals surface area contributed by atoms with Gasteiger partial charge in [0.1, 0.15) is 12.1 Å². The van der Waals surface area contributed by atoms with Crippen LogP contribution in [0.2, 0.25) is 0 Å². The summed E-state index contributed by atoms with van der Waals surface area (Å²) < 4.78 is 32.8. The van der Waals surface area contributed by atoms with Crippen LogP contribution >= 0.6 is 11.8 Å². The monoisotopic (exact) mass is 420 g/mol. The second-order valence-electron chi connectivity index (χ2n) is 6.57. The van der Waals surface area contributed by atoms with E-state index < -0.39 is 10.0 Å². The summed E-state index contributed by atoms with van der Waals surface area (Å²) in [5.41, 5.74) is 9.37. The Labute approximate surface area is 166 Å². The van der Waals surface area contributed by atoms with E-state index in [1.54, 1.807) is 0 Å². The van der Waals surface area contributed by atoms with E-state index in [-0.39, 0.29) is 12.4 Å². The molecule has 9 nitrogen and oxygen atoms in total. The third-order valence-electron chi connectivity index (χ3n) is 4.41. The Kier molecular flexibility index (Phi) is 4.89. The first-order valence-electron chi connectivity index (χ1n) is 8.67. The van der Waals surface area contributed by atoms with Crippen LogP contribution < -0.4 is 15.2 Å². The van der Waals surface area contributed by atoms with E-state index >= 15 is 0 Å². The number of fused-ring (bicyclic) bond motifs is 2. The highest BCUT2D eigenvalue weighted by molar-refractivity contribution is 7.99. The zero-order chi connectivity index (χ0) is 19.9. The highest BCUT2D eigenvalue weighted by Gasteiger charge is 2.19. The van der Waals surface area contributed by atoms with Crippen molar-refractivity contribution in [3.05, 3.63) is 29.6 Å². The van der Waals surface area contributed by atoms with Gasteiger partial charge in [-0.1, -0.05) is 17.8 Å². The Balaban J connectivity index is 1.71. The second kappa shape index (κ2) is 7.22. The molecule has 3 heterocycles. The summed E-state index contributed by atoms with van der Waals surface area (Å²) in [5.74, 6) is 1.18. The third-order valence-corrected chi connectivity index (χ3v) is 6.30. The van der Waals surface area contributed by atoms with Gasteiger partial charge in [0.05, 0.1) is 12.9 Å². The van der Waals surface area contributed by atoms with Gasteiger partial charge in [-0.05, 0) is 24.1 Å². The predicted molar refractivity (Wildman–Crippen MR) is 107 cm³/mol. The Hall–Kier alpha value is -2.37. The number of hydrogen-bond donors (Lipinski definition) is 2. The lowest BCUT2D eigenvalue weighted by molar-refractivity contribution is 0.356. The van der Waals surface area contributed by atoms with Crippen LogP contribution in [0.25, 0.3) is 11.2 Å². The molecule has 0 radical (unpaired) electrons. The predicted octanol–water partition coefficient (Wildman–Crippen LogP) is 1.35. The molecule has 1 aliphatic heterocycles. The van der Waals surface area contributed by atoms with Gasteiger partial charge in [0.2, 0.25) is 10.0 Å². The van der Waals surface area contributed by atoms with Crippen molar-refractivity contribution in [2.75, 3.05) is 25.1 Å². The van der Waals surface area contributed by atoms with Crippen LogP contribution in [0, 0.1) is 6.92 Å². The van der Waals surface area contributed by atoms with Crippen molar-refractivity contribution in [3.63, 3.8) is 0 Å². The van der Waals surface area contributed by atoms with Crippen LogP contribution in [0.1, 0.15) is 11.1 Å². The number of nitrogens with one attached hydrogen (secondary N) is 1. The largest absolute Gasteiger partial charge is 0.493 e. The SMILES string of the molecule is Cc1cc2c(cc1Sc1nc3c(N)ncnc3n1CCNS(C)(=O)=O)OCC2. The van der Waals surface area contributed by atoms with Gasteiger partial charge in [-0.25, -0.2) is 28.1 Å². The minimum Gasteiger partial charge on any atom is -0.493 e. The fourth-order valence-electron chi connectivity index (χ4n) is 3.09. The van der Waals surface area contributed by atoms with Crippen molar-refractivity contribution < 1.29 is 13.2 Å². The quantitative estimate of drug-likeness (QED) is 0.612. The van der Waals surface area contributed by atoms with E-state index in [0.717, 1.165) is 28.9 Å². The molecule has 2 aromatic heterocycles. The number of benzene rings is 1. The van der Waals surface area contributed by atoms with Gasteiger partial charge < -0.3 is 15.0 Å². The number of hydrogen-bond acceptors (Lipinski definition) is 8. The number of imidazole rings is 1. The zero-order valence-electron chi connectivity index (χ0n) is 15.5. The minimum absolute atomic E-state index is 0.216. The van der Waals surface area contributed by atoms with Crippen LogP contribution in [-0.2, 0) is 23.0 Å². The van der Waals surface area contributed by atoms with Crippen LogP contribution in [0.3, 0.4) is 0 Å². The summed E-state index contributed by atoms with van der Waals surface area (Å²) in [7, 11) is -3.29. The first-order valence-corrected chi connectivity index (χ1v) is 11.4. The molecule has 11 heteroatoms. The van der Waals surface area contributed by atoms with Crippen LogP contribution in [0.4, 0.5) is 5.82 Å². The lowest BCUT2D eigenvalue weighted by atomic mass is 10.1. The number of rotatable bonds is 6. The van der Waals surface area contributed by atoms with Crippen LogP contribution in [0.5, 0.6) is 5.75 Å². The molecule has 3 N–H and O–H groups in total. The van der Waals surface area contributed by atoms with Crippen molar-refractivity contribution in [2.45, 2.75) is 29.9 Å². The summed E-state index contributed by atoms with van der Waals surface area (Å²) in [4.78, 5) is 13.9. The maximum Gasteiger partial charge on any atom is 0.208 e. The summed E-state index contributed by atoms with van der Waals surface area (Å²) in [6.07, 6.45) is 3.43. The molecular weight excluding hydrogens is 400 g/mol. The fourth-order valence-corrected chi connectivity index (χ4v) is 4.56. The maximum atomic E-state index is 11.4. The normalized spacial score (nSPS) is 13.6. The molecular formula is C17H20N6O3S2. The Morgan fingerprint density at radius 3 is 2.96 bits per heavy atom. The number of sulfonamides is 1. The molecule has 3 aromatic rings. The number of ether oxygens (including phenoxy) is 1. The number of aryl methyl sites for hydroxylation is 1. The number of nitrogens with zero attached hydrogens (tertiary/aromatic N) is 4. The lowest BCUT2D eigenvalue weighted by Gasteiger charge is -2.11. The van der Waals surface area contributed by atoms with Crippen molar-refractivity contribution in [1.29, 1.82) is 0 Å². The number of nitrogens with two attached hydrogens (primary N) is 1. The minimum atomic E-state index is -3.29. The Morgan fingerprint density at radius 2 is 2.18 bits per heavy atom. The Morgan fingerprint density at radius 1 is 1.36 bits per heavy atom. The molecule has 0 atom stereocenters. The van der Waals surface area contributed by atoms with Gasteiger partial charge in [0, 0.05) is 24.4 Å². The first-order chi connectivity index (χ1) is 13.3. The van der Waals surface area contributed by atoms with Gasteiger partial charge in [0.25, 0.3) is 0 Å². The standard InChI is InChI=1S/C17H20N6O3S2/c1-10-7-11-3-6-26-12(11)8-13(10)27-17-22-14-15(18)19-9-20-16(14)23(17)5-4-21-28(2,24)25/h7-9,21H,3-6H2,1-2H3,(H2,18,19,20). The van der Waals surface area contributed by atoms with Gasteiger partial charge >= 0.3 is 0 Å². The summed E-state index contributed by atoms with van der Waals surface area (Å²) in [6.45, 7) is 3.33. The molecule has 0 bridgehead atoms. The molecule has 28 heavy (non-hydrogen) atoms. The van der Waals surface area contributed by atoms with Crippen molar-refractivity contribution in [2.24, 2.45) is 0 Å². The van der Waals surface area contributed by atoms with E-state index in [1.165, 1.54) is 23.7 Å². The second-order valence-corrected chi connectivity index (χ2v) is 9.41. The topological polar surface area (TPSA) is 125 Å². The zero-order valence-corrected chi connectivity index (χ0v) is 17.1. The average Bonchev–Trinajstić information content (AvgIpc) is 3.20. The van der Waals surface area contributed by atoms with E-state index in [4.69, 9.17) is 10.5 Å². The molecule has 0 aliphatic carbocycles. The average molecular weight is 421 g/mol. The fraction of sp³-hybridized carbons (Fsp3) is 0.353. The van der Waals surface area contributed by atoms with E-state index in [0.29, 0.717) is 29.5 Å². The van der Waals surface area contributed by atoms with Gasteiger partial charge in [-0.2, -0.15) is 0 Å². The van der Waals surface area contributed by atoms with Gasteiger partial charge in [0.15, 0.2) is 22.1 Å². The van der Waals surface area contributed by atoms with Crippen LogP contribution in [-0.4, -0.2) is 47.3 Å². The molecule has 0 saturated heterocycles. The molecule has 4 rings (SSSR count). The summed E-state index contributed by atoms with van der Waals surface area (Å²) in [5, 5.41) is 0.665. The molecule has 0 amide bonds. The number of aromatic nitrogens is 4. The highest BCUT2D eigenvalue weighted by atomic mass is 32.2. The Bertz CT molecular complexity index is 1160. The van der Waals surface area contributed by atoms with Gasteiger partial charge in [-0.15, -0.1) is 0 Å². The molecule has 1 aliphatic rings. The van der Waals surface area contributed by atoms with Crippen molar-refractivity contribution in [1.82, 2.24) is 24.2 Å². The molecule has 0 unspecified atom stereocenters. The first kappa shape index (κ1) is 19.0. The summed E-state index contributed by atoms with van der Waals surface area (Å²) in [6, 6.07) is 4.16.